The Labute approximate surface area is 120 Å². The summed E-state index contributed by atoms with van der Waals surface area (Å²) < 4.78 is 14.3. The maximum atomic E-state index is 14.3. The van der Waals surface area contributed by atoms with Crippen molar-refractivity contribution < 1.29 is 9.50 Å². The third-order valence-electron chi connectivity index (χ3n) is 3.96. The summed E-state index contributed by atoms with van der Waals surface area (Å²) in [6.45, 7) is 8.09. The Hall–Kier alpha value is -1.13. The quantitative estimate of drug-likeness (QED) is 0.870. The van der Waals surface area contributed by atoms with Crippen LogP contribution in [0.1, 0.15) is 45.2 Å². The van der Waals surface area contributed by atoms with Gasteiger partial charge < -0.3 is 15.3 Å². The Kier molecular flexibility index (Phi) is 4.66. The summed E-state index contributed by atoms with van der Waals surface area (Å²) in [5, 5.41) is 13.3. The van der Waals surface area contributed by atoms with Gasteiger partial charge in [-0.2, -0.15) is 0 Å². The monoisotopic (exact) mass is 280 g/mol. The zero-order chi connectivity index (χ0) is 14.8. The summed E-state index contributed by atoms with van der Waals surface area (Å²) >= 11 is 0. The highest BCUT2D eigenvalue weighted by Crippen LogP contribution is 2.29. The van der Waals surface area contributed by atoms with Crippen molar-refractivity contribution in [2.24, 2.45) is 0 Å². The Morgan fingerprint density at radius 3 is 2.80 bits per heavy atom. The van der Waals surface area contributed by atoms with E-state index in [0.717, 1.165) is 18.5 Å². The maximum Gasteiger partial charge on any atom is 0.146 e. The SMILES string of the molecule is CCCNC(C)c1ccc(N2CCC(C)(O)C2)c(F)c1. The van der Waals surface area contributed by atoms with Crippen LogP contribution in [0.15, 0.2) is 18.2 Å². The molecule has 0 radical (unpaired) electrons. The average molecular weight is 280 g/mol. The van der Waals surface area contributed by atoms with Crippen molar-refractivity contribution in [1.29, 1.82) is 0 Å². The molecule has 1 aromatic rings. The highest BCUT2D eigenvalue weighted by Gasteiger charge is 2.32. The molecule has 2 N–H and O–H groups in total. The first-order valence-electron chi connectivity index (χ1n) is 7.43. The lowest BCUT2D eigenvalue weighted by molar-refractivity contribution is 0.0839. The van der Waals surface area contributed by atoms with E-state index in [1.165, 1.54) is 0 Å². The number of halogens is 1. The normalized spacial score (nSPS) is 24.1. The standard InChI is InChI=1S/C16H25FN2O/c1-4-8-18-12(2)13-5-6-15(14(17)10-13)19-9-7-16(3,20)11-19/h5-6,10,12,18,20H,4,7-9,11H2,1-3H3. The number of nitrogens with one attached hydrogen (secondary N) is 1. The smallest absolute Gasteiger partial charge is 0.146 e. The van der Waals surface area contributed by atoms with Gasteiger partial charge in [-0.25, -0.2) is 4.39 Å². The van der Waals surface area contributed by atoms with Gasteiger partial charge in [0.15, 0.2) is 0 Å². The predicted octanol–water partition coefficient (Wildman–Crippen LogP) is 2.85. The molecule has 1 aromatic carbocycles. The third-order valence-corrected chi connectivity index (χ3v) is 3.96. The molecule has 20 heavy (non-hydrogen) atoms. The molecular weight excluding hydrogens is 255 g/mol. The maximum absolute atomic E-state index is 14.3. The lowest BCUT2D eigenvalue weighted by Gasteiger charge is -2.22. The molecule has 1 saturated heterocycles. The van der Waals surface area contributed by atoms with Crippen molar-refractivity contribution in [3.8, 4) is 0 Å². The fraction of sp³-hybridized carbons (Fsp3) is 0.625. The van der Waals surface area contributed by atoms with Crippen LogP contribution < -0.4 is 10.2 Å². The van der Waals surface area contributed by atoms with Gasteiger partial charge in [0.1, 0.15) is 5.82 Å². The zero-order valence-electron chi connectivity index (χ0n) is 12.6. The predicted molar refractivity (Wildman–Crippen MR) is 80.6 cm³/mol. The molecule has 0 bridgehead atoms. The minimum absolute atomic E-state index is 0.153. The first kappa shape index (κ1) is 15.3. The number of hydrogen-bond acceptors (Lipinski definition) is 3. The van der Waals surface area contributed by atoms with Crippen molar-refractivity contribution in [1.82, 2.24) is 5.32 Å². The number of rotatable bonds is 5. The summed E-state index contributed by atoms with van der Waals surface area (Å²) in [4.78, 5) is 1.92. The second kappa shape index (κ2) is 6.10. The van der Waals surface area contributed by atoms with Gasteiger partial charge in [-0.1, -0.05) is 13.0 Å². The van der Waals surface area contributed by atoms with Gasteiger partial charge in [-0.3, -0.25) is 0 Å². The van der Waals surface area contributed by atoms with Gasteiger partial charge in [-0.05, 0) is 50.9 Å². The van der Waals surface area contributed by atoms with Crippen LogP contribution in [0.4, 0.5) is 10.1 Å². The number of hydrogen-bond donors (Lipinski definition) is 2. The van der Waals surface area contributed by atoms with E-state index in [-0.39, 0.29) is 11.9 Å². The molecule has 1 heterocycles. The minimum Gasteiger partial charge on any atom is -0.388 e. The molecule has 2 rings (SSSR count). The van der Waals surface area contributed by atoms with Crippen molar-refractivity contribution in [2.45, 2.75) is 45.3 Å². The van der Waals surface area contributed by atoms with Crippen molar-refractivity contribution in [3.63, 3.8) is 0 Å². The Morgan fingerprint density at radius 2 is 2.25 bits per heavy atom. The number of benzene rings is 1. The van der Waals surface area contributed by atoms with Crippen LogP contribution in [0.2, 0.25) is 0 Å². The molecule has 2 unspecified atom stereocenters. The molecule has 1 aliphatic heterocycles. The Balaban J connectivity index is 2.10. The first-order valence-corrected chi connectivity index (χ1v) is 7.43. The van der Waals surface area contributed by atoms with E-state index in [1.54, 1.807) is 13.0 Å². The molecule has 0 amide bonds. The van der Waals surface area contributed by atoms with Gasteiger partial charge in [0.25, 0.3) is 0 Å². The van der Waals surface area contributed by atoms with Gasteiger partial charge in [0.2, 0.25) is 0 Å². The van der Waals surface area contributed by atoms with E-state index in [4.69, 9.17) is 0 Å². The summed E-state index contributed by atoms with van der Waals surface area (Å²) in [6, 6.07) is 5.56. The highest BCUT2D eigenvalue weighted by atomic mass is 19.1. The molecular formula is C16H25FN2O. The van der Waals surface area contributed by atoms with E-state index in [9.17, 15) is 9.50 Å². The second-order valence-corrected chi connectivity index (χ2v) is 6.06. The molecule has 4 heteroatoms. The Morgan fingerprint density at radius 1 is 1.50 bits per heavy atom. The van der Waals surface area contributed by atoms with E-state index >= 15 is 0 Å². The van der Waals surface area contributed by atoms with E-state index in [1.807, 2.05) is 24.0 Å². The van der Waals surface area contributed by atoms with Gasteiger partial charge in [0, 0.05) is 19.1 Å². The molecule has 2 atom stereocenters. The minimum atomic E-state index is -0.707. The summed E-state index contributed by atoms with van der Waals surface area (Å²) in [7, 11) is 0. The first-order chi connectivity index (χ1) is 9.43. The van der Waals surface area contributed by atoms with Gasteiger partial charge >= 0.3 is 0 Å². The fourth-order valence-corrected chi connectivity index (χ4v) is 2.68. The van der Waals surface area contributed by atoms with Crippen LogP contribution in [0.25, 0.3) is 0 Å². The van der Waals surface area contributed by atoms with Crippen LogP contribution >= 0.6 is 0 Å². The summed E-state index contributed by atoms with van der Waals surface area (Å²) in [5.74, 6) is -0.203. The summed E-state index contributed by atoms with van der Waals surface area (Å²) in [5.41, 5.74) is 0.848. The molecule has 1 aliphatic rings. The number of nitrogens with zero attached hydrogens (tertiary/aromatic N) is 1. The van der Waals surface area contributed by atoms with E-state index < -0.39 is 5.60 Å². The fourth-order valence-electron chi connectivity index (χ4n) is 2.68. The summed E-state index contributed by atoms with van der Waals surface area (Å²) in [6.07, 6.45) is 1.75. The second-order valence-electron chi connectivity index (χ2n) is 6.06. The van der Waals surface area contributed by atoms with Crippen LogP contribution in [-0.2, 0) is 0 Å². The molecule has 0 aromatic heterocycles. The molecule has 112 valence electrons. The zero-order valence-corrected chi connectivity index (χ0v) is 12.6. The molecule has 0 saturated carbocycles. The molecule has 0 spiro atoms. The van der Waals surface area contributed by atoms with E-state index in [0.29, 0.717) is 25.2 Å². The third kappa shape index (κ3) is 3.49. The molecule has 1 fully saturated rings. The molecule has 3 nitrogen and oxygen atoms in total. The van der Waals surface area contributed by atoms with Gasteiger partial charge in [-0.15, -0.1) is 0 Å². The molecule has 0 aliphatic carbocycles. The van der Waals surface area contributed by atoms with Crippen LogP contribution in [0, 0.1) is 5.82 Å². The number of aliphatic hydroxyl groups is 1. The van der Waals surface area contributed by atoms with Crippen molar-refractivity contribution >= 4 is 5.69 Å². The van der Waals surface area contributed by atoms with Gasteiger partial charge in [0.05, 0.1) is 11.3 Å². The number of β-amino-alcohol motifs (C(OH)–C–C–N with tert-alkyl or cyclic N) is 1. The van der Waals surface area contributed by atoms with Crippen LogP contribution in [0.3, 0.4) is 0 Å². The van der Waals surface area contributed by atoms with E-state index in [2.05, 4.69) is 12.2 Å². The van der Waals surface area contributed by atoms with Crippen molar-refractivity contribution in [2.75, 3.05) is 24.5 Å². The van der Waals surface area contributed by atoms with Crippen molar-refractivity contribution in [3.05, 3.63) is 29.6 Å². The lowest BCUT2D eigenvalue weighted by Crippen LogP contribution is -2.30. The largest absolute Gasteiger partial charge is 0.388 e. The number of anilines is 1. The van der Waals surface area contributed by atoms with Crippen LogP contribution in [-0.4, -0.2) is 30.3 Å². The Bertz CT molecular complexity index is 462. The van der Waals surface area contributed by atoms with Crippen LogP contribution in [0.5, 0.6) is 0 Å². The topological polar surface area (TPSA) is 35.5 Å². The highest BCUT2D eigenvalue weighted by molar-refractivity contribution is 5.51. The lowest BCUT2D eigenvalue weighted by atomic mass is 10.1. The average Bonchev–Trinajstić information content (AvgIpc) is 2.76.